The molecule has 0 aliphatic rings. The summed E-state index contributed by atoms with van der Waals surface area (Å²) in [7, 11) is 0. The van der Waals surface area contributed by atoms with E-state index in [2.05, 4.69) is 5.32 Å². The Kier molecular flexibility index (Phi) is 5.66. The van der Waals surface area contributed by atoms with E-state index in [0.717, 1.165) is 44.7 Å². The van der Waals surface area contributed by atoms with E-state index in [1.54, 1.807) is 5.38 Å². The molecular weight excluding hydrogens is 462 g/mol. The van der Waals surface area contributed by atoms with Gasteiger partial charge in [0.1, 0.15) is 17.1 Å². The van der Waals surface area contributed by atoms with Crippen LogP contribution in [0.4, 0.5) is 23.2 Å². The SMILES string of the molecule is Cc1cc(-n2c(=O)c3sccc3n(CC(=O)Nc3cccc(C(F)(F)F)c3)c2=O)ccc1F. The Morgan fingerprint density at radius 2 is 1.85 bits per heavy atom. The third-order valence-electron chi connectivity index (χ3n) is 4.93. The molecule has 6 nitrogen and oxygen atoms in total. The molecule has 2 aromatic heterocycles. The van der Waals surface area contributed by atoms with Gasteiger partial charge in [-0.15, -0.1) is 11.3 Å². The van der Waals surface area contributed by atoms with Gasteiger partial charge in [0, 0.05) is 5.69 Å². The standard InChI is InChI=1S/C22H15F4N3O3S/c1-12-9-15(5-6-16(12)23)29-20(31)19-17(7-8-33-19)28(21(29)32)11-18(30)27-14-4-2-3-13(10-14)22(24,25)26/h2-10H,11H2,1H3,(H,27,30). The van der Waals surface area contributed by atoms with Gasteiger partial charge in [0.05, 0.1) is 16.8 Å². The summed E-state index contributed by atoms with van der Waals surface area (Å²) in [5, 5.41) is 3.92. The summed E-state index contributed by atoms with van der Waals surface area (Å²) < 4.78 is 54.6. The molecule has 4 aromatic rings. The fraction of sp³-hybridized carbons (Fsp3) is 0.136. The van der Waals surface area contributed by atoms with E-state index in [1.807, 2.05) is 0 Å². The van der Waals surface area contributed by atoms with Crippen molar-refractivity contribution in [1.82, 2.24) is 9.13 Å². The average Bonchev–Trinajstić information content (AvgIpc) is 3.23. The minimum Gasteiger partial charge on any atom is -0.325 e. The zero-order valence-corrected chi connectivity index (χ0v) is 17.8. The normalized spacial score (nSPS) is 11.7. The van der Waals surface area contributed by atoms with Gasteiger partial charge in [-0.1, -0.05) is 6.07 Å². The van der Waals surface area contributed by atoms with Crippen LogP contribution in [-0.4, -0.2) is 15.0 Å². The molecule has 0 radical (unpaired) electrons. The smallest absolute Gasteiger partial charge is 0.325 e. The van der Waals surface area contributed by atoms with Crippen LogP contribution in [-0.2, 0) is 17.5 Å². The second-order valence-corrected chi connectivity index (χ2v) is 8.12. The second-order valence-electron chi connectivity index (χ2n) is 7.20. The van der Waals surface area contributed by atoms with Gasteiger partial charge in [-0.25, -0.2) is 13.8 Å². The molecule has 0 atom stereocenters. The molecule has 0 bridgehead atoms. The van der Waals surface area contributed by atoms with Gasteiger partial charge in [0.2, 0.25) is 5.91 Å². The van der Waals surface area contributed by atoms with Crippen molar-refractivity contribution in [1.29, 1.82) is 0 Å². The van der Waals surface area contributed by atoms with Crippen molar-refractivity contribution in [3.05, 3.63) is 91.7 Å². The fourth-order valence-corrected chi connectivity index (χ4v) is 4.18. The number of alkyl halides is 3. The van der Waals surface area contributed by atoms with Gasteiger partial charge in [-0.05, 0) is 60.3 Å². The third kappa shape index (κ3) is 4.31. The van der Waals surface area contributed by atoms with Crippen LogP contribution in [0.1, 0.15) is 11.1 Å². The van der Waals surface area contributed by atoms with E-state index >= 15 is 0 Å². The van der Waals surface area contributed by atoms with E-state index in [1.165, 1.54) is 31.2 Å². The lowest BCUT2D eigenvalue weighted by Crippen LogP contribution is -2.40. The Morgan fingerprint density at radius 3 is 2.55 bits per heavy atom. The molecule has 1 N–H and O–H groups in total. The fourth-order valence-electron chi connectivity index (χ4n) is 3.35. The van der Waals surface area contributed by atoms with Gasteiger partial charge in [0.15, 0.2) is 0 Å². The molecule has 0 saturated heterocycles. The number of anilines is 1. The first-order chi connectivity index (χ1) is 15.6. The predicted molar refractivity (Wildman–Crippen MR) is 116 cm³/mol. The summed E-state index contributed by atoms with van der Waals surface area (Å²) in [6.45, 7) is 0.928. The van der Waals surface area contributed by atoms with Crippen LogP contribution in [0.5, 0.6) is 0 Å². The Labute approximate surface area is 187 Å². The van der Waals surface area contributed by atoms with Crippen LogP contribution in [0.3, 0.4) is 0 Å². The maximum atomic E-state index is 13.7. The minimum absolute atomic E-state index is 0.0908. The maximum Gasteiger partial charge on any atom is 0.416 e. The van der Waals surface area contributed by atoms with Crippen molar-refractivity contribution in [3.8, 4) is 5.69 Å². The Bertz CT molecular complexity index is 1500. The molecular formula is C22H15F4N3O3S. The minimum atomic E-state index is -4.58. The highest BCUT2D eigenvalue weighted by Gasteiger charge is 2.30. The molecule has 170 valence electrons. The van der Waals surface area contributed by atoms with Crippen molar-refractivity contribution < 1.29 is 22.4 Å². The lowest BCUT2D eigenvalue weighted by molar-refractivity contribution is -0.137. The number of carbonyl (C=O) groups is 1. The van der Waals surface area contributed by atoms with Gasteiger partial charge >= 0.3 is 11.9 Å². The van der Waals surface area contributed by atoms with E-state index in [4.69, 9.17) is 0 Å². The van der Waals surface area contributed by atoms with Crippen LogP contribution in [0.2, 0.25) is 0 Å². The highest BCUT2D eigenvalue weighted by atomic mass is 32.1. The van der Waals surface area contributed by atoms with E-state index in [0.29, 0.717) is 0 Å². The van der Waals surface area contributed by atoms with Crippen molar-refractivity contribution in [2.45, 2.75) is 19.6 Å². The molecule has 0 aliphatic heterocycles. The molecule has 0 aliphatic carbocycles. The quantitative estimate of drug-likeness (QED) is 0.445. The molecule has 11 heteroatoms. The molecule has 0 unspecified atom stereocenters. The summed E-state index contributed by atoms with van der Waals surface area (Å²) in [5.41, 5.74) is -1.92. The highest BCUT2D eigenvalue weighted by molar-refractivity contribution is 7.17. The molecule has 1 amide bonds. The first-order valence-electron chi connectivity index (χ1n) is 9.53. The highest BCUT2D eigenvalue weighted by Crippen LogP contribution is 2.30. The van der Waals surface area contributed by atoms with Gasteiger partial charge in [0.25, 0.3) is 5.56 Å². The van der Waals surface area contributed by atoms with Crippen LogP contribution >= 0.6 is 11.3 Å². The second kappa shape index (κ2) is 8.32. The monoisotopic (exact) mass is 477 g/mol. The largest absolute Gasteiger partial charge is 0.416 e. The Hall–Kier alpha value is -3.73. The van der Waals surface area contributed by atoms with Crippen LogP contribution in [0.25, 0.3) is 15.9 Å². The first-order valence-corrected chi connectivity index (χ1v) is 10.4. The summed E-state index contributed by atoms with van der Waals surface area (Å²) in [5.74, 6) is -1.27. The third-order valence-corrected chi connectivity index (χ3v) is 5.82. The summed E-state index contributed by atoms with van der Waals surface area (Å²) in [6, 6.07) is 9.33. The van der Waals surface area contributed by atoms with Crippen molar-refractivity contribution in [2.75, 3.05) is 5.32 Å². The number of nitrogens with zero attached hydrogens (tertiary/aromatic N) is 2. The number of benzene rings is 2. The van der Waals surface area contributed by atoms with E-state index in [9.17, 15) is 31.9 Å². The number of hydrogen-bond acceptors (Lipinski definition) is 4. The van der Waals surface area contributed by atoms with E-state index < -0.39 is 41.3 Å². The van der Waals surface area contributed by atoms with Crippen molar-refractivity contribution in [2.24, 2.45) is 0 Å². The Balaban J connectivity index is 1.75. The molecule has 2 heterocycles. The van der Waals surface area contributed by atoms with Crippen LogP contribution < -0.4 is 16.6 Å². The number of fused-ring (bicyclic) bond motifs is 1. The lowest BCUT2D eigenvalue weighted by Gasteiger charge is -2.13. The number of halogens is 4. The van der Waals surface area contributed by atoms with Gasteiger partial charge < -0.3 is 5.32 Å². The van der Waals surface area contributed by atoms with Gasteiger partial charge in [-0.3, -0.25) is 14.2 Å². The number of amides is 1. The number of aromatic nitrogens is 2. The molecule has 0 fully saturated rings. The van der Waals surface area contributed by atoms with E-state index in [-0.39, 0.29) is 27.2 Å². The molecule has 33 heavy (non-hydrogen) atoms. The molecule has 2 aromatic carbocycles. The lowest BCUT2D eigenvalue weighted by atomic mass is 10.2. The average molecular weight is 477 g/mol. The molecule has 0 saturated carbocycles. The number of thiophene rings is 1. The summed E-state index contributed by atoms with van der Waals surface area (Å²) in [4.78, 5) is 38.7. The first kappa shape index (κ1) is 22.5. The topological polar surface area (TPSA) is 73.1 Å². The molecule has 0 spiro atoms. The Morgan fingerprint density at radius 1 is 1.09 bits per heavy atom. The van der Waals surface area contributed by atoms with Crippen LogP contribution in [0.15, 0.2) is 63.5 Å². The van der Waals surface area contributed by atoms with Crippen LogP contribution in [0, 0.1) is 12.7 Å². The molecule has 4 rings (SSSR count). The van der Waals surface area contributed by atoms with Gasteiger partial charge in [-0.2, -0.15) is 13.2 Å². The predicted octanol–water partition coefficient (Wildman–Crippen LogP) is 4.32. The zero-order chi connectivity index (χ0) is 23.9. The maximum absolute atomic E-state index is 13.7. The summed E-state index contributed by atoms with van der Waals surface area (Å²) >= 11 is 1.06. The number of rotatable bonds is 4. The summed E-state index contributed by atoms with van der Waals surface area (Å²) in [6.07, 6.45) is -4.58. The number of aryl methyl sites for hydroxylation is 1. The number of hydrogen-bond donors (Lipinski definition) is 1. The van der Waals surface area contributed by atoms with Crippen molar-refractivity contribution >= 4 is 33.1 Å². The zero-order valence-electron chi connectivity index (χ0n) is 16.9. The van der Waals surface area contributed by atoms with Crippen molar-refractivity contribution in [3.63, 3.8) is 0 Å². The number of nitrogens with one attached hydrogen (secondary N) is 1. The number of carbonyl (C=O) groups excluding carboxylic acids is 1.